The van der Waals surface area contributed by atoms with Gasteiger partial charge in [-0.25, -0.2) is 4.79 Å². The van der Waals surface area contributed by atoms with Gasteiger partial charge in [0, 0.05) is 6.42 Å². The normalized spacial score (nSPS) is 13.7. The summed E-state index contributed by atoms with van der Waals surface area (Å²) >= 11 is 0. The first-order chi connectivity index (χ1) is 12.7. The molecule has 148 valence electrons. The zero-order chi connectivity index (χ0) is 20.4. The smallest absolute Gasteiger partial charge is 0.326 e. The van der Waals surface area contributed by atoms with Crippen LogP contribution in [0.15, 0.2) is 30.3 Å². The average Bonchev–Trinajstić information content (AvgIpc) is 2.65. The van der Waals surface area contributed by atoms with Gasteiger partial charge in [-0.1, -0.05) is 30.3 Å². The number of rotatable bonds is 10. The highest BCUT2D eigenvalue weighted by Crippen LogP contribution is 2.03. The highest BCUT2D eigenvalue weighted by atomic mass is 16.4. The van der Waals surface area contributed by atoms with E-state index in [-0.39, 0.29) is 6.42 Å². The predicted molar refractivity (Wildman–Crippen MR) is 95.4 cm³/mol. The summed E-state index contributed by atoms with van der Waals surface area (Å²) in [4.78, 5) is 46.6. The number of carboxylic acids is 1. The Morgan fingerprint density at radius 2 is 1.70 bits per heavy atom. The lowest BCUT2D eigenvalue weighted by molar-refractivity contribution is -0.141. The minimum Gasteiger partial charge on any atom is -0.480 e. The molecule has 0 heterocycles. The highest BCUT2D eigenvalue weighted by molar-refractivity contribution is 5.92. The minimum atomic E-state index is -1.20. The molecule has 0 aliphatic heterocycles. The summed E-state index contributed by atoms with van der Waals surface area (Å²) < 4.78 is 0. The summed E-state index contributed by atoms with van der Waals surface area (Å²) in [5.41, 5.74) is 6.06. The first kappa shape index (κ1) is 22.1. The molecule has 0 saturated carbocycles. The van der Waals surface area contributed by atoms with E-state index in [1.807, 2.05) is 0 Å². The van der Waals surface area contributed by atoms with Crippen LogP contribution in [0.5, 0.6) is 0 Å². The molecular formula is C17H24N4O6. The summed E-state index contributed by atoms with van der Waals surface area (Å²) in [6.07, 6.45) is 0.0986. The van der Waals surface area contributed by atoms with Crippen molar-refractivity contribution in [1.82, 2.24) is 16.0 Å². The van der Waals surface area contributed by atoms with E-state index in [1.54, 1.807) is 30.3 Å². The van der Waals surface area contributed by atoms with Gasteiger partial charge in [0.2, 0.25) is 17.7 Å². The number of hydrogen-bond acceptors (Lipinski definition) is 6. The number of amides is 3. The van der Waals surface area contributed by atoms with Gasteiger partial charge >= 0.3 is 5.97 Å². The Balaban J connectivity index is 2.48. The fourth-order valence-corrected chi connectivity index (χ4v) is 2.08. The second kappa shape index (κ2) is 10.9. The first-order valence-electron chi connectivity index (χ1n) is 8.25. The van der Waals surface area contributed by atoms with Gasteiger partial charge in [-0.2, -0.15) is 0 Å². The zero-order valence-corrected chi connectivity index (χ0v) is 14.8. The molecule has 1 rings (SSSR count). The molecule has 0 fully saturated rings. The summed E-state index contributed by atoms with van der Waals surface area (Å²) in [6.45, 7) is 0.356. The van der Waals surface area contributed by atoms with Gasteiger partial charge in [0.05, 0.1) is 13.2 Å². The molecule has 10 heteroatoms. The second-order valence-corrected chi connectivity index (χ2v) is 5.89. The maximum absolute atomic E-state index is 11.9. The fourth-order valence-electron chi connectivity index (χ4n) is 2.08. The molecule has 0 saturated heterocycles. The maximum Gasteiger partial charge on any atom is 0.326 e. The molecule has 3 unspecified atom stereocenters. The first-order valence-corrected chi connectivity index (χ1v) is 8.25. The van der Waals surface area contributed by atoms with Crippen molar-refractivity contribution < 1.29 is 29.4 Å². The quantitative estimate of drug-likeness (QED) is 0.266. The van der Waals surface area contributed by atoms with Gasteiger partial charge < -0.3 is 31.9 Å². The lowest BCUT2D eigenvalue weighted by atomic mass is 10.1. The number of carbonyl (C=O) groups is 4. The van der Waals surface area contributed by atoms with Gasteiger partial charge in [-0.3, -0.25) is 14.4 Å². The number of hydrogen-bond donors (Lipinski definition) is 6. The van der Waals surface area contributed by atoms with E-state index in [0.29, 0.717) is 0 Å². The molecular weight excluding hydrogens is 356 g/mol. The van der Waals surface area contributed by atoms with Crippen molar-refractivity contribution in [3.63, 3.8) is 0 Å². The molecule has 3 atom stereocenters. The highest BCUT2D eigenvalue weighted by Gasteiger charge is 2.22. The molecule has 0 bridgehead atoms. The van der Waals surface area contributed by atoms with Crippen LogP contribution in [-0.2, 0) is 25.6 Å². The standard InChI is InChI=1S/C17H24N4O6/c1-10(20-16(25)12(18)9-22)15(24)19-8-14(23)21-13(17(26)27)7-11-5-3-2-4-6-11/h2-6,10,12-13,22H,7-9,18H2,1H3,(H,19,24)(H,20,25)(H,21,23)(H,26,27). The van der Waals surface area contributed by atoms with E-state index in [4.69, 9.17) is 10.8 Å². The number of aliphatic carboxylic acids is 1. The summed E-state index contributed by atoms with van der Waals surface area (Å²) in [7, 11) is 0. The van der Waals surface area contributed by atoms with E-state index in [9.17, 15) is 24.3 Å². The van der Waals surface area contributed by atoms with Gasteiger partial charge in [0.15, 0.2) is 0 Å². The van der Waals surface area contributed by atoms with Gasteiger partial charge in [-0.15, -0.1) is 0 Å². The van der Waals surface area contributed by atoms with E-state index < -0.39 is 55.0 Å². The largest absolute Gasteiger partial charge is 0.480 e. The molecule has 0 aromatic heterocycles. The molecule has 0 radical (unpaired) electrons. The number of aliphatic hydroxyl groups excluding tert-OH is 1. The summed E-state index contributed by atoms with van der Waals surface area (Å²) in [5.74, 6) is -3.24. The Morgan fingerprint density at radius 1 is 1.07 bits per heavy atom. The van der Waals surface area contributed by atoms with Crippen molar-refractivity contribution in [2.24, 2.45) is 5.73 Å². The SMILES string of the molecule is CC(NC(=O)C(N)CO)C(=O)NCC(=O)NC(Cc1ccccc1)C(=O)O. The molecule has 10 nitrogen and oxygen atoms in total. The zero-order valence-electron chi connectivity index (χ0n) is 14.8. The van der Waals surface area contributed by atoms with Crippen LogP contribution in [0.1, 0.15) is 12.5 Å². The third-order valence-electron chi connectivity index (χ3n) is 3.62. The van der Waals surface area contributed by atoms with E-state index in [1.165, 1.54) is 6.92 Å². The molecule has 27 heavy (non-hydrogen) atoms. The Bertz CT molecular complexity index is 667. The van der Waals surface area contributed by atoms with Gasteiger partial charge in [-0.05, 0) is 12.5 Å². The third-order valence-corrected chi connectivity index (χ3v) is 3.62. The van der Waals surface area contributed by atoms with Crippen molar-refractivity contribution >= 4 is 23.7 Å². The number of benzene rings is 1. The number of nitrogens with two attached hydrogens (primary N) is 1. The van der Waals surface area contributed by atoms with Gasteiger partial charge in [0.1, 0.15) is 18.1 Å². The van der Waals surface area contributed by atoms with Crippen LogP contribution in [-0.4, -0.2) is 65.2 Å². The lowest BCUT2D eigenvalue weighted by Gasteiger charge is -2.17. The Morgan fingerprint density at radius 3 is 2.26 bits per heavy atom. The van der Waals surface area contributed by atoms with Crippen LogP contribution in [0.25, 0.3) is 0 Å². The van der Waals surface area contributed by atoms with Crippen LogP contribution in [0.3, 0.4) is 0 Å². The Kier molecular flexibility index (Phi) is 8.90. The molecule has 0 aliphatic carbocycles. The van der Waals surface area contributed by atoms with E-state index in [2.05, 4.69) is 16.0 Å². The van der Waals surface area contributed by atoms with Crippen molar-refractivity contribution in [2.75, 3.05) is 13.2 Å². The van der Waals surface area contributed by atoms with Crippen molar-refractivity contribution in [3.8, 4) is 0 Å². The number of carbonyl (C=O) groups excluding carboxylic acids is 3. The summed E-state index contributed by atoms with van der Waals surface area (Å²) in [5, 5.41) is 24.9. The minimum absolute atomic E-state index is 0.0986. The van der Waals surface area contributed by atoms with Crippen LogP contribution in [0, 0.1) is 0 Å². The summed E-state index contributed by atoms with van der Waals surface area (Å²) in [6, 6.07) is 5.51. The second-order valence-electron chi connectivity index (χ2n) is 5.89. The third kappa shape index (κ3) is 7.84. The van der Waals surface area contributed by atoms with Gasteiger partial charge in [0.25, 0.3) is 0 Å². The molecule has 7 N–H and O–H groups in total. The number of nitrogens with one attached hydrogen (secondary N) is 3. The Hall–Kier alpha value is -2.98. The van der Waals surface area contributed by atoms with Crippen molar-refractivity contribution in [2.45, 2.75) is 31.5 Å². The molecule has 1 aromatic rings. The monoisotopic (exact) mass is 380 g/mol. The van der Waals surface area contributed by atoms with Crippen LogP contribution >= 0.6 is 0 Å². The fraction of sp³-hybridized carbons (Fsp3) is 0.412. The van der Waals surface area contributed by atoms with Crippen LogP contribution in [0.2, 0.25) is 0 Å². The molecule has 1 aromatic carbocycles. The maximum atomic E-state index is 11.9. The van der Waals surface area contributed by atoms with Crippen molar-refractivity contribution in [3.05, 3.63) is 35.9 Å². The predicted octanol–water partition coefficient (Wildman–Crippen LogP) is -2.26. The lowest BCUT2D eigenvalue weighted by Crippen LogP contribution is -2.53. The molecule has 3 amide bonds. The van der Waals surface area contributed by atoms with E-state index in [0.717, 1.165) is 5.56 Å². The van der Waals surface area contributed by atoms with Crippen LogP contribution < -0.4 is 21.7 Å². The van der Waals surface area contributed by atoms with E-state index >= 15 is 0 Å². The number of aliphatic hydroxyl groups is 1. The van der Waals surface area contributed by atoms with Crippen molar-refractivity contribution in [1.29, 1.82) is 0 Å². The molecule has 0 aliphatic rings. The average molecular weight is 380 g/mol. The van der Waals surface area contributed by atoms with Crippen LogP contribution in [0.4, 0.5) is 0 Å². The number of carboxylic acid groups (broad SMARTS) is 1. The Labute approximate surface area is 156 Å². The topological polar surface area (TPSA) is 171 Å². The molecule has 0 spiro atoms.